The molecule has 5 rings (SSSR count). The maximum Gasteiger partial charge on any atom is 0.355 e. The molecule has 0 saturated heterocycles. The van der Waals surface area contributed by atoms with Crippen LogP contribution in [0.4, 0.5) is 11.5 Å². The molecule has 0 spiro atoms. The van der Waals surface area contributed by atoms with Crippen LogP contribution in [0.5, 0.6) is 0 Å². The molecular weight excluding hydrogens is 462 g/mol. The molecule has 1 aliphatic rings. The molecule has 1 saturated carbocycles. The highest BCUT2D eigenvalue weighted by Crippen LogP contribution is 2.45. The van der Waals surface area contributed by atoms with Crippen molar-refractivity contribution < 1.29 is 19.1 Å². The molecule has 10 nitrogen and oxygen atoms in total. The average Bonchev–Trinajstić information content (AvgIpc) is 3.30. The summed E-state index contributed by atoms with van der Waals surface area (Å²) in [6.07, 6.45) is 3.56. The van der Waals surface area contributed by atoms with Crippen molar-refractivity contribution >= 4 is 40.1 Å². The maximum absolute atomic E-state index is 12.7. The number of hydrogen-bond donors (Lipinski definition) is 2. The number of amides is 2. The quantitative estimate of drug-likeness (QED) is 0.403. The van der Waals surface area contributed by atoms with E-state index in [1.807, 2.05) is 42.5 Å². The first-order valence-electron chi connectivity index (χ1n) is 11.3. The van der Waals surface area contributed by atoms with Crippen molar-refractivity contribution in [3.63, 3.8) is 0 Å². The van der Waals surface area contributed by atoms with Crippen LogP contribution in [-0.4, -0.2) is 37.9 Å². The van der Waals surface area contributed by atoms with Gasteiger partial charge in [0.05, 0.1) is 12.0 Å². The Kier molecular flexibility index (Phi) is 5.63. The van der Waals surface area contributed by atoms with Gasteiger partial charge < -0.3 is 20.0 Å². The van der Waals surface area contributed by atoms with Crippen LogP contribution < -0.4 is 16.2 Å². The Labute approximate surface area is 205 Å². The fraction of sp³-hybridized carbons (Fsp3) is 0.192. The number of anilines is 2. The number of aromatic nitrogens is 3. The number of rotatable bonds is 6. The first kappa shape index (κ1) is 23.0. The molecule has 0 radical (unpaired) electrons. The molecular formula is C26H23N5O5. The van der Waals surface area contributed by atoms with Gasteiger partial charge in [-0.15, -0.1) is 0 Å². The smallest absolute Gasteiger partial charge is 0.355 e. The van der Waals surface area contributed by atoms with E-state index < -0.39 is 23.0 Å². The molecule has 2 aromatic heterocycles. The molecule has 1 aliphatic carbocycles. The predicted octanol–water partition coefficient (Wildman–Crippen LogP) is 2.83. The summed E-state index contributed by atoms with van der Waals surface area (Å²) in [6.45, 7) is 1.47. The van der Waals surface area contributed by atoms with Gasteiger partial charge in [-0.05, 0) is 17.5 Å². The standard InChI is InChI=1S/C26H23N5O5/c1-16(32)31(21-10-4-7-17-6-2-3-8-19(17)21)22-14-30(15-28-22)18-12-26(13-18,25(27)35)36-24(34)20-9-5-11-23(33)29-20/h2-11,14-15,18H,12-13H2,1H3,(H2,27,35)(H,29,33). The van der Waals surface area contributed by atoms with Gasteiger partial charge in [-0.25, -0.2) is 9.78 Å². The molecule has 10 heteroatoms. The number of nitrogens with zero attached hydrogens (tertiary/aromatic N) is 3. The van der Waals surface area contributed by atoms with Gasteiger partial charge in [-0.3, -0.25) is 19.3 Å². The number of carbonyl (C=O) groups is 3. The third kappa shape index (κ3) is 4.02. The van der Waals surface area contributed by atoms with E-state index in [9.17, 15) is 19.2 Å². The van der Waals surface area contributed by atoms with Crippen LogP contribution in [0.15, 0.2) is 78.0 Å². The summed E-state index contributed by atoms with van der Waals surface area (Å²) in [4.78, 5) is 57.3. The van der Waals surface area contributed by atoms with Crippen molar-refractivity contribution in [2.75, 3.05) is 4.90 Å². The Morgan fingerprint density at radius 3 is 2.53 bits per heavy atom. The number of esters is 1. The third-order valence-corrected chi connectivity index (χ3v) is 6.42. The maximum atomic E-state index is 12.7. The Morgan fingerprint density at radius 1 is 1.08 bits per heavy atom. The zero-order valence-corrected chi connectivity index (χ0v) is 19.4. The van der Waals surface area contributed by atoms with Gasteiger partial charge in [0.15, 0.2) is 11.4 Å². The van der Waals surface area contributed by atoms with E-state index >= 15 is 0 Å². The number of hydrogen-bond acceptors (Lipinski definition) is 6. The lowest BCUT2D eigenvalue weighted by Gasteiger charge is -2.44. The second-order valence-corrected chi connectivity index (χ2v) is 8.77. The second kappa shape index (κ2) is 8.81. The molecule has 0 bridgehead atoms. The molecule has 4 aromatic rings. The third-order valence-electron chi connectivity index (χ3n) is 6.42. The monoisotopic (exact) mass is 485 g/mol. The topological polar surface area (TPSA) is 140 Å². The minimum atomic E-state index is -1.51. The summed E-state index contributed by atoms with van der Waals surface area (Å²) in [7, 11) is 0. The van der Waals surface area contributed by atoms with Crippen molar-refractivity contribution in [3.05, 3.63) is 89.2 Å². The summed E-state index contributed by atoms with van der Waals surface area (Å²) in [5.74, 6) is -1.39. The summed E-state index contributed by atoms with van der Waals surface area (Å²) < 4.78 is 7.23. The molecule has 3 N–H and O–H groups in total. The van der Waals surface area contributed by atoms with E-state index in [4.69, 9.17) is 10.5 Å². The molecule has 182 valence electrons. The van der Waals surface area contributed by atoms with Crippen LogP contribution in [-0.2, 0) is 14.3 Å². The minimum Gasteiger partial charge on any atom is -0.444 e. The van der Waals surface area contributed by atoms with Gasteiger partial charge >= 0.3 is 5.97 Å². The number of carbonyl (C=O) groups excluding carboxylic acids is 3. The lowest BCUT2D eigenvalue weighted by molar-refractivity contribution is -0.152. The van der Waals surface area contributed by atoms with Crippen LogP contribution in [0.3, 0.4) is 0 Å². The number of aromatic amines is 1. The van der Waals surface area contributed by atoms with E-state index in [0.717, 1.165) is 10.8 Å². The van der Waals surface area contributed by atoms with E-state index in [2.05, 4.69) is 9.97 Å². The predicted molar refractivity (Wildman–Crippen MR) is 132 cm³/mol. The van der Waals surface area contributed by atoms with Gasteiger partial charge in [0.25, 0.3) is 5.91 Å². The number of nitrogens with two attached hydrogens (primary N) is 1. The van der Waals surface area contributed by atoms with E-state index in [-0.39, 0.29) is 30.5 Å². The van der Waals surface area contributed by atoms with Crippen LogP contribution >= 0.6 is 0 Å². The first-order chi connectivity index (χ1) is 17.3. The molecule has 2 heterocycles. The molecule has 0 unspecified atom stereocenters. The average molecular weight is 486 g/mol. The van der Waals surface area contributed by atoms with Crippen LogP contribution in [0.25, 0.3) is 10.8 Å². The van der Waals surface area contributed by atoms with Crippen molar-refractivity contribution in [3.8, 4) is 0 Å². The highest BCUT2D eigenvalue weighted by Gasteiger charge is 2.53. The largest absolute Gasteiger partial charge is 0.444 e. The summed E-state index contributed by atoms with van der Waals surface area (Å²) in [5, 5.41) is 1.90. The Balaban J connectivity index is 1.38. The number of primary amides is 1. The van der Waals surface area contributed by atoms with Gasteiger partial charge in [0.2, 0.25) is 11.5 Å². The number of fused-ring (bicyclic) bond motifs is 1. The second-order valence-electron chi connectivity index (χ2n) is 8.77. The SMILES string of the molecule is CC(=O)N(c1cn(C2CC(OC(=O)c3cccc(=O)[nH]3)(C(N)=O)C2)cn1)c1cccc2ccccc12. The Hall–Kier alpha value is -4.73. The highest BCUT2D eigenvalue weighted by molar-refractivity contribution is 6.06. The number of imidazole rings is 1. The fourth-order valence-corrected chi connectivity index (χ4v) is 4.55. The van der Waals surface area contributed by atoms with E-state index in [1.54, 1.807) is 17.1 Å². The van der Waals surface area contributed by atoms with E-state index in [0.29, 0.717) is 11.5 Å². The van der Waals surface area contributed by atoms with Crippen molar-refractivity contribution in [1.82, 2.24) is 14.5 Å². The molecule has 2 aromatic carbocycles. The summed E-state index contributed by atoms with van der Waals surface area (Å²) in [5.41, 5.74) is 4.26. The van der Waals surface area contributed by atoms with Crippen molar-refractivity contribution in [2.24, 2.45) is 5.73 Å². The van der Waals surface area contributed by atoms with Gasteiger partial charge in [-0.2, -0.15) is 0 Å². The number of ether oxygens (including phenoxy) is 1. The number of benzene rings is 2. The van der Waals surface area contributed by atoms with Crippen LogP contribution in [0, 0.1) is 0 Å². The minimum absolute atomic E-state index is 0.0660. The fourth-order valence-electron chi connectivity index (χ4n) is 4.55. The molecule has 0 aliphatic heterocycles. The number of H-pyrrole nitrogens is 1. The van der Waals surface area contributed by atoms with Gasteiger partial charge in [-0.1, -0.05) is 42.5 Å². The summed E-state index contributed by atoms with van der Waals surface area (Å²) in [6, 6.07) is 17.3. The van der Waals surface area contributed by atoms with Gasteiger partial charge in [0, 0.05) is 43.5 Å². The molecule has 2 amide bonds. The van der Waals surface area contributed by atoms with Crippen LogP contribution in [0.1, 0.15) is 36.3 Å². The lowest BCUT2D eigenvalue weighted by atomic mass is 9.74. The zero-order chi connectivity index (χ0) is 25.4. The number of pyridine rings is 1. The molecule has 1 fully saturated rings. The molecule has 36 heavy (non-hydrogen) atoms. The zero-order valence-electron chi connectivity index (χ0n) is 19.4. The number of nitrogens with one attached hydrogen (secondary N) is 1. The summed E-state index contributed by atoms with van der Waals surface area (Å²) >= 11 is 0. The first-order valence-corrected chi connectivity index (χ1v) is 11.3. The van der Waals surface area contributed by atoms with Crippen LogP contribution in [0.2, 0.25) is 0 Å². The normalized spacial score (nSPS) is 18.9. The highest BCUT2D eigenvalue weighted by atomic mass is 16.6. The van der Waals surface area contributed by atoms with E-state index in [1.165, 1.54) is 30.0 Å². The van der Waals surface area contributed by atoms with Gasteiger partial charge in [0.1, 0.15) is 5.69 Å². The van der Waals surface area contributed by atoms with Crippen molar-refractivity contribution in [2.45, 2.75) is 31.4 Å². The van der Waals surface area contributed by atoms with Crippen molar-refractivity contribution in [1.29, 1.82) is 0 Å². The Morgan fingerprint density at radius 2 is 1.81 bits per heavy atom. The Bertz CT molecular complexity index is 1540. The molecule has 0 atom stereocenters. The lowest BCUT2D eigenvalue weighted by Crippen LogP contribution is -2.57.